The lowest BCUT2D eigenvalue weighted by atomic mass is 10.3. The highest BCUT2D eigenvalue weighted by Gasteiger charge is 2.34. The second kappa shape index (κ2) is 2.95. The van der Waals surface area contributed by atoms with E-state index >= 15 is 0 Å². The zero-order chi connectivity index (χ0) is 8.55. The first-order valence-corrected chi connectivity index (χ1v) is 4.59. The molecule has 66 valence electrons. The van der Waals surface area contributed by atoms with Crippen molar-refractivity contribution in [3.05, 3.63) is 0 Å². The van der Waals surface area contributed by atoms with Crippen molar-refractivity contribution in [2.75, 3.05) is 13.1 Å². The van der Waals surface area contributed by atoms with E-state index in [1.165, 1.54) is 11.8 Å². The van der Waals surface area contributed by atoms with Gasteiger partial charge < -0.3 is 10.4 Å². The van der Waals surface area contributed by atoms with Crippen LogP contribution in [0.15, 0.2) is 4.99 Å². The molecule has 2 rings (SSSR count). The van der Waals surface area contributed by atoms with Crippen LogP contribution in [-0.2, 0) is 0 Å². The van der Waals surface area contributed by atoms with E-state index in [-0.39, 0.29) is 6.04 Å². The molecular weight excluding hydrogens is 178 g/mol. The lowest BCUT2D eigenvalue weighted by Crippen LogP contribution is -2.26. The molecule has 2 aliphatic rings. The third kappa shape index (κ3) is 1.39. The predicted molar refractivity (Wildman–Crippen MR) is 46.6 cm³/mol. The van der Waals surface area contributed by atoms with Crippen LogP contribution in [0.25, 0.3) is 0 Å². The number of thioether (sulfide) groups is 1. The van der Waals surface area contributed by atoms with Crippen molar-refractivity contribution in [2.45, 2.75) is 11.3 Å². The summed E-state index contributed by atoms with van der Waals surface area (Å²) in [6, 6.07) is 0.261. The molecule has 2 atom stereocenters. The van der Waals surface area contributed by atoms with Crippen LogP contribution in [0.4, 0.5) is 4.79 Å². The van der Waals surface area contributed by atoms with Gasteiger partial charge in [-0.1, -0.05) is 11.8 Å². The Morgan fingerprint density at radius 1 is 1.75 bits per heavy atom. The fourth-order valence-corrected chi connectivity index (χ4v) is 2.51. The van der Waals surface area contributed by atoms with Gasteiger partial charge in [0.15, 0.2) is 5.17 Å². The van der Waals surface area contributed by atoms with Crippen LogP contribution < -0.4 is 10.6 Å². The van der Waals surface area contributed by atoms with Crippen LogP contribution in [0.2, 0.25) is 0 Å². The first-order valence-electron chi connectivity index (χ1n) is 3.71. The Morgan fingerprint density at radius 2 is 2.58 bits per heavy atom. The van der Waals surface area contributed by atoms with Gasteiger partial charge >= 0.3 is 6.09 Å². The Morgan fingerprint density at radius 3 is 3.25 bits per heavy atom. The second-order valence-electron chi connectivity index (χ2n) is 2.75. The summed E-state index contributed by atoms with van der Waals surface area (Å²) in [6.07, 6.45) is -1.03. The number of aliphatic imine (C=N–C) groups is 1. The summed E-state index contributed by atoms with van der Waals surface area (Å²) in [5, 5.41) is 14.8. The number of hydrogen-bond donors (Lipinski definition) is 3. The summed E-state index contributed by atoms with van der Waals surface area (Å²) in [6.45, 7) is 1.78. The fraction of sp³-hybridized carbons (Fsp3) is 0.667. The minimum absolute atomic E-state index is 0.261. The van der Waals surface area contributed by atoms with Gasteiger partial charge in [0.1, 0.15) is 0 Å². The van der Waals surface area contributed by atoms with Gasteiger partial charge in [-0.05, 0) is 0 Å². The number of rotatable bonds is 0. The second-order valence-corrected chi connectivity index (χ2v) is 3.97. The minimum atomic E-state index is -1.03. The highest BCUT2D eigenvalue weighted by molar-refractivity contribution is 8.14. The number of carbonyl (C=O) groups is 1. The quantitative estimate of drug-likeness (QED) is 0.486. The van der Waals surface area contributed by atoms with Gasteiger partial charge in [0.05, 0.1) is 6.04 Å². The predicted octanol–water partition coefficient (Wildman–Crippen LogP) is -0.303. The van der Waals surface area contributed by atoms with Gasteiger partial charge in [-0.15, -0.1) is 0 Å². The van der Waals surface area contributed by atoms with Crippen molar-refractivity contribution in [1.82, 2.24) is 10.6 Å². The van der Waals surface area contributed by atoms with Crippen molar-refractivity contribution in [3.8, 4) is 0 Å². The molecule has 0 aliphatic carbocycles. The summed E-state index contributed by atoms with van der Waals surface area (Å²) in [5.41, 5.74) is 0. The van der Waals surface area contributed by atoms with Crippen LogP contribution in [0.1, 0.15) is 0 Å². The summed E-state index contributed by atoms with van der Waals surface area (Å²) in [7, 11) is 0. The number of nitrogens with one attached hydrogen (secondary N) is 2. The van der Waals surface area contributed by atoms with E-state index in [1.54, 1.807) is 0 Å². The van der Waals surface area contributed by atoms with E-state index in [4.69, 9.17) is 5.11 Å². The van der Waals surface area contributed by atoms with Crippen LogP contribution in [0, 0.1) is 0 Å². The molecule has 2 heterocycles. The zero-order valence-electron chi connectivity index (χ0n) is 6.28. The Labute approximate surface area is 73.6 Å². The number of amides is 1. The molecule has 0 saturated carbocycles. The number of carboxylic acid groups (broad SMARTS) is 1. The van der Waals surface area contributed by atoms with Crippen molar-refractivity contribution >= 4 is 23.0 Å². The van der Waals surface area contributed by atoms with E-state index in [0.717, 1.165) is 13.1 Å². The molecule has 2 aliphatic heterocycles. The van der Waals surface area contributed by atoms with E-state index in [9.17, 15) is 4.79 Å². The van der Waals surface area contributed by atoms with Crippen molar-refractivity contribution in [2.24, 2.45) is 4.99 Å². The Kier molecular flexibility index (Phi) is 1.93. The Hall–Kier alpha value is -0.750. The summed E-state index contributed by atoms with van der Waals surface area (Å²) in [5.74, 6) is 0. The molecule has 3 N–H and O–H groups in total. The molecule has 0 radical (unpaired) electrons. The highest BCUT2D eigenvalue weighted by atomic mass is 32.2. The first-order chi connectivity index (χ1) is 5.75. The normalized spacial score (nSPS) is 32.8. The molecule has 0 unspecified atom stereocenters. The molecule has 1 saturated heterocycles. The van der Waals surface area contributed by atoms with Gasteiger partial charge in [-0.3, -0.25) is 10.3 Å². The molecule has 1 fully saturated rings. The molecule has 0 bridgehead atoms. The van der Waals surface area contributed by atoms with Crippen LogP contribution in [0.5, 0.6) is 0 Å². The first kappa shape index (κ1) is 7.88. The number of nitrogens with zero attached hydrogens (tertiary/aromatic N) is 1. The van der Waals surface area contributed by atoms with E-state index in [0.29, 0.717) is 10.4 Å². The molecular formula is C6H9N3O2S. The van der Waals surface area contributed by atoms with Crippen molar-refractivity contribution < 1.29 is 9.90 Å². The maximum Gasteiger partial charge on any atom is 0.410 e. The topological polar surface area (TPSA) is 73.7 Å². The Bertz CT molecular complexity index is 243. The van der Waals surface area contributed by atoms with E-state index < -0.39 is 6.09 Å². The molecule has 0 aromatic rings. The lowest BCUT2D eigenvalue weighted by Gasteiger charge is -2.01. The molecule has 5 nitrogen and oxygen atoms in total. The van der Waals surface area contributed by atoms with E-state index in [2.05, 4.69) is 15.6 Å². The standard InChI is InChI=1S/C6H9N3O2S/c10-6(11)9-5-8-3-1-7-2-4(3)12-5/h3-4,7H,1-2H2,(H,8,9)(H,10,11)/t3-,4+/m0/s1. The number of hydrogen-bond acceptors (Lipinski definition) is 4. The zero-order valence-corrected chi connectivity index (χ0v) is 7.10. The monoisotopic (exact) mass is 187 g/mol. The SMILES string of the molecule is O=C(O)NC1=N[C@H]2CNC[C@H]2S1. The summed E-state index contributed by atoms with van der Waals surface area (Å²) in [4.78, 5) is 14.5. The van der Waals surface area contributed by atoms with Crippen molar-refractivity contribution in [3.63, 3.8) is 0 Å². The van der Waals surface area contributed by atoms with Gasteiger partial charge in [-0.2, -0.15) is 0 Å². The lowest BCUT2D eigenvalue weighted by molar-refractivity contribution is 0.200. The van der Waals surface area contributed by atoms with Crippen LogP contribution in [-0.4, -0.2) is 40.7 Å². The molecule has 0 aromatic heterocycles. The summed E-state index contributed by atoms with van der Waals surface area (Å²) >= 11 is 1.51. The average Bonchev–Trinajstić information content (AvgIpc) is 2.43. The minimum Gasteiger partial charge on any atom is -0.465 e. The Balaban J connectivity index is 1.98. The number of fused-ring (bicyclic) bond motifs is 1. The maximum absolute atomic E-state index is 10.3. The molecule has 0 spiro atoms. The number of amidine groups is 1. The van der Waals surface area contributed by atoms with E-state index in [1.807, 2.05) is 0 Å². The van der Waals surface area contributed by atoms with Crippen molar-refractivity contribution in [1.29, 1.82) is 0 Å². The average molecular weight is 187 g/mol. The van der Waals surface area contributed by atoms with Gasteiger partial charge in [-0.25, -0.2) is 4.79 Å². The van der Waals surface area contributed by atoms with Crippen LogP contribution in [0.3, 0.4) is 0 Å². The molecule has 6 heteroatoms. The van der Waals surface area contributed by atoms with Gasteiger partial charge in [0.25, 0.3) is 0 Å². The van der Waals surface area contributed by atoms with Gasteiger partial charge in [0.2, 0.25) is 0 Å². The smallest absolute Gasteiger partial charge is 0.410 e. The fourth-order valence-electron chi connectivity index (χ4n) is 1.37. The maximum atomic E-state index is 10.3. The largest absolute Gasteiger partial charge is 0.465 e. The molecule has 1 amide bonds. The van der Waals surface area contributed by atoms with Crippen LogP contribution >= 0.6 is 11.8 Å². The molecule has 0 aromatic carbocycles. The summed E-state index contributed by atoms with van der Waals surface area (Å²) < 4.78 is 0. The third-order valence-corrected chi connectivity index (χ3v) is 3.10. The molecule has 12 heavy (non-hydrogen) atoms. The highest BCUT2D eigenvalue weighted by Crippen LogP contribution is 2.27. The third-order valence-electron chi connectivity index (χ3n) is 1.89. The van der Waals surface area contributed by atoms with Gasteiger partial charge in [0, 0.05) is 18.3 Å².